The predicted molar refractivity (Wildman–Crippen MR) is 142 cm³/mol. The highest BCUT2D eigenvalue weighted by Gasteiger charge is 2.39. The molecule has 4 rings (SSSR count). The number of carbonyl (C=O) groups is 1. The van der Waals surface area contributed by atoms with Gasteiger partial charge in [0.1, 0.15) is 21.4 Å². The molecule has 3 aromatic carbocycles. The van der Waals surface area contributed by atoms with Crippen molar-refractivity contribution in [1.29, 1.82) is 0 Å². The molecule has 14 heteroatoms. The summed E-state index contributed by atoms with van der Waals surface area (Å²) in [6.45, 7) is -0.294. The molecule has 0 spiro atoms. The van der Waals surface area contributed by atoms with E-state index in [1.54, 1.807) is 30.3 Å². The Kier molecular flexibility index (Phi) is 9.05. The molecule has 1 heterocycles. The SMILES string of the molecule is O=C(NCC(Cc1ccccc1)(c1cccc(OC(F)(F)F)c1)c1cccc(OC(F)(F)F)c1)c1snc(Cl)c1Cl. The second-order valence-corrected chi connectivity index (χ2v) is 10.2. The van der Waals surface area contributed by atoms with Crippen LogP contribution in [0.2, 0.25) is 10.2 Å². The second kappa shape index (κ2) is 12.2. The van der Waals surface area contributed by atoms with Gasteiger partial charge in [-0.25, -0.2) is 0 Å². The summed E-state index contributed by atoms with van der Waals surface area (Å²) >= 11 is 12.7. The van der Waals surface area contributed by atoms with Gasteiger partial charge in [-0.05, 0) is 58.9 Å². The van der Waals surface area contributed by atoms with Crippen molar-refractivity contribution in [2.24, 2.45) is 0 Å². The molecule has 0 saturated carbocycles. The first kappa shape index (κ1) is 30.5. The quantitative estimate of drug-likeness (QED) is 0.189. The Labute approximate surface area is 243 Å². The van der Waals surface area contributed by atoms with Gasteiger partial charge in [-0.15, -0.1) is 26.3 Å². The average molecular weight is 635 g/mol. The maximum atomic E-state index is 13.1. The highest BCUT2D eigenvalue weighted by Crippen LogP contribution is 2.40. The number of amides is 1. The number of carbonyl (C=O) groups excluding carboxylic acids is 1. The van der Waals surface area contributed by atoms with E-state index in [0.717, 1.165) is 35.8 Å². The number of hydrogen-bond donors (Lipinski definition) is 1. The first-order valence-electron chi connectivity index (χ1n) is 11.6. The lowest BCUT2D eigenvalue weighted by atomic mass is 9.70. The summed E-state index contributed by atoms with van der Waals surface area (Å²) in [4.78, 5) is 13.1. The molecule has 0 aliphatic carbocycles. The Bertz CT molecular complexity index is 1450. The second-order valence-electron chi connectivity index (χ2n) is 8.69. The number of nitrogens with one attached hydrogen (secondary N) is 1. The van der Waals surface area contributed by atoms with Crippen molar-refractivity contribution in [2.75, 3.05) is 6.54 Å². The topological polar surface area (TPSA) is 60.5 Å². The van der Waals surface area contributed by atoms with Crippen molar-refractivity contribution >= 4 is 40.6 Å². The highest BCUT2D eigenvalue weighted by atomic mass is 35.5. The molecule has 0 bridgehead atoms. The van der Waals surface area contributed by atoms with Gasteiger partial charge in [0.2, 0.25) is 0 Å². The molecular formula is C27H18Cl2F6N2O3S. The smallest absolute Gasteiger partial charge is 0.406 e. The number of rotatable bonds is 9. The molecular weight excluding hydrogens is 617 g/mol. The van der Waals surface area contributed by atoms with Crippen LogP contribution in [0.4, 0.5) is 26.3 Å². The van der Waals surface area contributed by atoms with E-state index in [0.29, 0.717) is 5.56 Å². The minimum Gasteiger partial charge on any atom is -0.406 e. The summed E-state index contributed by atoms with van der Waals surface area (Å²) in [6, 6.07) is 18.7. The third-order valence-electron chi connectivity index (χ3n) is 5.94. The zero-order valence-electron chi connectivity index (χ0n) is 20.5. The van der Waals surface area contributed by atoms with Crippen LogP contribution in [-0.2, 0) is 11.8 Å². The van der Waals surface area contributed by atoms with E-state index in [4.69, 9.17) is 23.2 Å². The van der Waals surface area contributed by atoms with E-state index in [1.165, 1.54) is 24.3 Å². The first-order valence-corrected chi connectivity index (χ1v) is 13.1. The number of halogens is 8. The van der Waals surface area contributed by atoms with E-state index in [2.05, 4.69) is 19.2 Å². The zero-order valence-corrected chi connectivity index (χ0v) is 22.9. The standard InChI is InChI=1S/C27H18Cl2F6N2O3S/c28-21-22(41-37-23(21)29)24(38)36-15-25(14-16-6-2-1-3-7-16,17-8-4-10-19(12-17)39-26(30,31)32)18-9-5-11-20(13-18)40-27(33,34)35/h1-13H,14-15H2,(H,36,38). The van der Waals surface area contributed by atoms with Crippen molar-refractivity contribution in [3.8, 4) is 11.5 Å². The number of hydrogen-bond acceptors (Lipinski definition) is 5. The van der Waals surface area contributed by atoms with Crippen LogP contribution in [0.3, 0.4) is 0 Å². The van der Waals surface area contributed by atoms with Gasteiger partial charge in [0.05, 0.1) is 0 Å². The van der Waals surface area contributed by atoms with Crippen molar-refractivity contribution in [2.45, 2.75) is 24.6 Å². The fraction of sp³-hybridized carbons (Fsp3) is 0.185. The molecule has 41 heavy (non-hydrogen) atoms. The van der Waals surface area contributed by atoms with Gasteiger partial charge in [-0.1, -0.05) is 77.8 Å². The molecule has 1 N–H and O–H groups in total. The zero-order chi connectivity index (χ0) is 29.8. The maximum absolute atomic E-state index is 13.1. The van der Waals surface area contributed by atoms with Crippen LogP contribution >= 0.6 is 34.7 Å². The van der Waals surface area contributed by atoms with Gasteiger partial charge in [0.15, 0.2) is 5.15 Å². The minimum absolute atomic E-state index is 0.0198. The number of alkyl halides is 6. The third kappa shape index (κ3) is 7.84. The van der Waals surface area contributed by atoms with Crippen molar-refractivity contribution in [1.82, 2.24) is 9.69 Å². The number of nitrogens with zero attached hydrogens (tertiary/aromatic N) is 1. The normalized spacial score (nSPS) is 12.2. The van der Waals surface area contributed by atoms with E-state index in [-0.39, 0.29) is 39.1 Å². The molecule has 0 aliphatic heterocycles. The first-order chi connectivity index (χ1) is 19.3. The molecule has 4 aromatic rings. The van der Waals surface area contributed by atoms with Gasteiger partial charge in [-0.3, -0.25) is 4.79 Å². The van der Waals surface area contributed by atoms with E-state index < -0.39 is 35.5 Å². The Morgan fingerprint density at radius 3 is 1.80 bits per heavy atom. The van der Waals surface area contributed by atoms with E-state index in [9.17, 15) is 31.1 Å². The fourth-order valence-corrected chi connectivity index (χ4v) is 5.41. The fourth-order valence-electron chi connectivity index (χ4n) is 4.28. The molecule has 0 unspecified atom stereocenters. The highest BCUT2D eigenvalue weighted by molar-refractivity contribution is 7.09. The molecule has 1 aromatic heterocycles. The summed E-state index contributed by atoms with van der Waals surface area (Å²) in [7, 11) is 0. The molecule has 0 saturated heterocycles. The van der Waals surface area contributed by atoms with Crippen LogP contribution in [-0.4, -0.2) is 29.6 Å². The Morgan fingerprint density at radius 2 is 1.34 bits per heavy atom. The summed E-state index contributed by atoms with van der Waals surface area (Å²) in [5.74, 6) is -1.81. The number of aromatic nitrogens is 1. The summed E-state index contributed by atoms with van der Waals surface area (Å²) in [5.41, 5.74) is -0.347. The van der Waals surface area contributed by atoms with Gasteiger partial charge < -0.3 is 14.8 Å². The lowest BCUT2D eigenvalue weighted by molar-refractivity contribution is -0.275. The summed E-state index contributed by atoms with van der Waals surface area (Å²) in [6.07, 6.45) is -9.97. The van der Waals surface area contributed by atoms with Crippen molar-refractivity contribution < 1.29 is 40.6 Å². The third-order valence-corrected chi connectivity index (χ3v) is 7.74. The van der Waals surface area contributed by atoms with Gasteiger partial charge in [0.25, 0.3) is 5.91 Å². The van der Waals surface area contributed by atoms with Gasteiger partial charge >= 0.3 is 12.7 Å². The molecule has 0 atom stereocenters. The number of ether oxygens (including phenoxy) is 2. The molecule has 1 amide bonds. The van der Waals surface area contributed by atoms with Crippen molar-refractivity contribution in [3.05, 3.63) is 111 Å². The van der Waals surface area contributed by atoms with Gasteiger partial charge in [0, 0.05) is 12.0 Å². The van der Waals surface area contributed by atoms with Crippen LogP contribution in [0.5, 0.6) is 11.5 Å². The lowest BCUT2D eigenvalue weighted by Crippen LogP contribution is -2.43. The Morgan fingerprint density at radius 1 is 0.805 bits per heavy atom. The molecule has 0 radical (unpaired) electrons. The van der Waals surface area contributed by atoms with Crippen LogP contribution in [0.1, 0.15) is 26.4 Å². The minimum atomic E-state index is -5.00. The Balaban J connectivity index is 1.89. The van der Waals surface area contributed by atoms with E-state index >= 15 is 0 Å². The van der Waals surface area contributed by atoms with Crippen LogP contribution in [0, 0.1) is 0 Å². The number of benzene rings is 3. The maximum Gasteiger partial charge on any atom is 0.573 e. The van der Waals surface area contributed by atoms with Crippen LogP contribution in [0.25, 0.3) is 0 Å². The molecule has 0 aliphatic rings. The summed E-state index contributed by atoms with van der Waals surface area (Å²) < 4.78 is 90.7. The monoisotopic (exact) mass is 634 g/mol. The Hall–Kier alpha value is -3.48. The summed E-state index contributed by atoms with van der Waals surface area (Å²) in [5, 5.41) is 2.52. The lowest BCUT2D eigenvalue weighted by Gasteiger charge is -2.36. The average Bonchev–Trinajstić information content (AvgIpc) is 3.23. The van der Waals surface area contributed by atoms with E-state index in [1.807, 2.05) is 0 Å². The van der Waals surface area contributed by atoms with Gasteiger partial charge in [-0.2, -0.15) is 4.37 Å². The van der Waals surface area contributed by atoms with Crippen LogP contribution in [0.15, 0.2) is 78.9 Å². The largest absolute Gasteiger partial charge is 0.573 e. The van der Waals surface area contributed by atoms with Crippen molar-refractivity contribution in [3.63, 3.8) is 0 Å². The molecule has 5 nitrogen and oxygen atoms in total. The predicted octanol–water partition coefficient (Wildman–Crippen LogP) is 8.21. The molecule has 216 valence electrons. The molecule has 0 fully saturated rings. The van der Waals surface area contributed by atoms with Crippen LogP contribution < -0.4 is 14.8 Å².